The summed E-state index contributed by atoms with van der Waals surface area (Å²) in [5, 5.41) is 6.17. The minimum atomic E-state index is 0.000231. The Balaban J connectivity index is 1.69. The molecule has 0 amide bonds. The van der Waals surface area contributed by atoms with Crippen LogP contribution in [0.1, 0.15) is 130 Å². The molecule has 0 aliphatic carbocycles. The third-order valence-corrected chi connectivity index (χ3v) is 7.09. The van der Waals surface area contributed by atoms with Crippen LogP contribution in [0.2, 0.25) is 0 Å². The normalized spacial score (nSPS) is 19.8. The quantitative estimate of drug-likeness (QED) is 0.276. The maximum absolute atomic E-state index is 6.57. The first-order valence-electron chi connectivity index (χ1n) is 13.5. The second-order valence-corrected chi connectivity index (χ2v) is 11.3. The number of benzene rings is 1. The van der Waals surface area contributed by atoms with E-state index in [1.807, 2.05) is 0 Å². The van der Waals surface area contributed by atoms with Crippen molar-refractivity contribution in [3.05, 3.63) is 35.9 Å². The predicted octanol–water partition coefficient (Wildman–Crippen LogP) is 8.21. The molecule has 0 saturated carbocycles. The summed E-state index contributed by atoms with van der Waals surface area (Å²) in [5.74, 6) is 0. The van der Waals surface area contributed by atoms with Gasteiger partial charge in [-0.1, -0.05) is 95.0 Å². The fraction of sp³-hybridized carbons (Fsp3) is 0.793. The molecule has 1 aromatic rings. The Hall–Kier alpha value is -0.900. The maximum atomic E-state index is 6.57. The summed E-state index contributed by atoms with van der Waals surface area (Å²) >= 11 is 0. The van der Waals surface area contributed by atoms with E-state index in [0.717, 1.165) is 19.4 Å². The maximum Gasteiger partial charge on any atom is 0.102 e. The molecule has 1 heterocycles. The van der Waals surface area contributed by atoms with Crippen molar-refractivity contribution in [1.29, 1.82) is 0 Å². The van der Waals surface area contributed by atoms with Crippen LogP contribution in [0, 0.1) is 0 Å². The van der Waals surface area contributed by atoms with Gasteiger partial charge in [0.1, 0.15) is 6.10 Å². The van der Waals surface area contributed by atoms with Crippen molar-refractivity contribution in [3.63, 3.8) is 0 Å². The van der Waals surface area contributed by atoms with E-state index < -0.39 is 0 Å². The first kappa shape index (κ1) is 27.3. The van der Waals surface area contributed by atoms with E-state index in [0.29, 0.717) is 6.04 Å². The number of hydrogen-bond acceptors (Lipinski definition) is 3. The lowest BCUT2D eigenvalue weighted by molar-refractivity contribution is -0.306. The van der Waals surface area contributed by atoms with Crippen LogP contribution < -0.4 is 5.32 Å². The summed E-state index contributed by atoms with van der Waals surface area (Å²) in [6.45, 7) is 14.9. The van der Waals surface area contributed by atoms with Gasteiger partial charge in [0.15, 0.2) is 0 Å². The zero-order valence-electron chi connectivity index (χ0n) is 22.1. The van der Waals surface area contributed by atoms with Gasteiger partial charge in [-0.25, -0.2) is 0 Å². The molecule has 3 nitrogen and oxygen atoms in total. The van der Waals surface area contributed by atoms with Crippen LogP contribution in [-0.2, 0) is 4.84 Å². The summed E-state index contributed by atoms with van der Waals surface area (Å²) < 4.78 is 0. The van der Waals surface area contributed by atoms with E-state index in [1.165, 1.54) is 69.8 Å². The number of rotatable bonds is 15. The lowest BCUT2D eigenvalue weighted by atomic mass is 9.79. The molecule has 1 atom stereocenters. The van der Waals surface area contributed by atoms with Gasteiger partial charge in [0.25, 0.3) is 0 Å². The van der Waals surface area contributed by atoms with Gasteiger partial charge in [-0.3, -0.25) is 4.84 Å². The molecule has 0 spiro atoms. The molecule has 1 fully saturated rings. The summed E-state index contributed by atoms with van der Waals surface area (Å²) in [7, 11) is 0. The Morgan fingerprint density at radius 2 is 1.34 bits per heavy atom. The fourth-order valence-corrected chi connectivity index (χ4v) is 5.55. The Kier molecular flexibility index (Phi) is 11.7. The Bertz CT molecular complexity index is 595. The minimum absolute atomic E-state index is 0.000231. The highest BCUT2D eigenvalue weighted by atomic mass is 16.7. The van der Waals surface area contributed by atoms with Gasteiger partial charge in [0.2, 0.25) is 0 Å². The summed E-state index contributed by atoms with van der Waals surface area (Å²) in [4.78, 5) is 6.57. The van der Waals surface area contributed by atoms with Gasteiger partial charge in [0.05, 0.1) is 0 Å². The Morgan fingerprint density at radius 3 is 1.88 bits per heavy atom. The molecule has 1 saturated heterocycles. The van der Waals surface area contributed by atoms with E-state index in [2.05, 4.69) is 82.3 Å². The SMILES string of the molecule is CCCCCCCCCCCCNC1CC(C)(C)N(OC(C)c2ccccc2)C(C)(C)C1. The van der Waals surface area contributed by atoms with Crippen molar-refractivity contribution in [2.75, 3.05) is 6.54 Å². The molecule has 1 unspecified atom stereocenters. The fourth-order valence-electron chi connectivity index (χ4n) is 5.55. The molecular weight excluding hydrogens is 392 g/mol. The van der Waals surface area contributed by atoms with Crippen molar-refractivity contribution >= 4 is 0 Å². The summed E-state index contributed by atoms with van der Waals surface area (Å²) in [6, 6.07) is 11.1. The molecule has 1 N–H and O–H groups in total. The standard InChI is InChI=1S/C29H52N2O/c1-7-8-9-10-11-12-13-14-15-19-22-30-27-23-28(3,4)31(29(5,6)24-27)32-25(2)26-20-17-16-18-21-26/h16-18,20-21,25,27,30H,7-15,19,22-24H2,1-6H3. The summed E-state index contributed by atoms with van der Waals surface area (Å²) in [6.07, 6.45) is 16.3. The highest BCUT2D eigenvalue weighted by molar-refractivity contribution is 5.17. The smallest absolute Gasteiger partial charge is 0.102 e. The molecule has 1 aromatic carbocycles. The van der Waals surface area contributed by atoms with E-state index >= 15 is 0 Å². The number of nitrogens with one attached hydrogen (secondary N) is 1. The van der Waals surface area contributed by atoms with Gasteiger partial charge in [-0.2, -0.15) is 5.06 Å². The van der Waals surface area contributed by atoms with Crippen molar-refractivity contribution in [2.45, 2.75) is 142 Å². The molecule has 0 aromatic heterocycles. The number of piperidine rings is 1. The van der Waals surface area contributed by atoms with Crippen LogP contribution in [0.15, 0.2) is 30.3 Å². The molecule has 0 bridgehead atoms. The third-order valence-electron chi connectivity index (χ3n) is 7.09. The highest BCUT2D eigenvalue weighted by Crippen LogP contribution is 2.40. The van der Waals surface area contributed by atoms with E-state index in [4.69, 9.17) is 4.84 Å². The van der Waals surface area contributed by atoms with Crippen LogP contribution >= 0.6 is 0 Å². The minimum Gasteiger partial charge on any atom is -0.314 e. The van der Waals surface area contributed by atoms with Crippen molar-refractivity contribution < 1.29 is 4.84 Å². The largest absolute Gasteiger partial charge is 0.314 e. The predicted molar refractivity (Wildman–Crippen MR) is 139 cm³/mol. The monoisotopic (exact) mass is 444 g/mol. The zero-order chi connectivity index (χ0) is 23.5. The lowest BCUT2D eigenvalue weighted by Gasteiger charge is -2.54. The molecule has 184 valence electrons. The van der Waals surface area contributed by atoms with Crippen molar-refractivity contribution in [2.24, 2.45) is 0 Å². The Labute approximate surface area is 199 Å². The van der Waals surface area contributed by atoms with E-state index in [-0.39, 0.29) is 17.2 Å². The number of unbranched alkanes of at least 4 members (excludes halogenated alkanes) is 9. The average molecular weight is 445 g/mol. The molecule has 2 rings (SSSR count). The third kappa shape index (κ3) is 9.15. The van der Waals surface area contributed by atoms with E-state index in [1.54, 1.807) is 0 Å². The van der Waals surface area contributed by atoms with Gasteiger partial charge < -0.3 is 5.32 Å². The molecular formula is C29H52N2O. The van der Waals surface area contributed by atoms with Crippen molar-refractivity contribution in [3.8, 4) is 0 Å². The molecule has 1 aliphatic heterocycles. The van der Waals surface area contributed by atoms with Gasteiger partial charge in [-0.05, 0) is 66.0 Å². The number of nitrogens with zero attached hydrogens (tertiary/aromatic N) is 1. The lowest BCUT2D eigenvalue weighted by Crippen LogP contribution is -2.63. The van der Waals surface area contributed by atoms with Crippen molar-refractivity contribution in [1.82, 2.24) is 10.4 Å². The zero-order valence-corrected chi connectivity index (χ0v) is 22.1. The van der Waals surface area contributed by atoms with Gasteiger partial charge >= 0.3 is 0 Å². The van der Waals surface area contributed by atoms with Crippen LogP contribution in [0.3, 0.4) is 0 Å². The second-order valence-electron chi connectivity index (χ2n) is 11.3. The molecule has 3 heteroatoms. The second kappa shape index (κ2) is 13.7. The van der Waals surface area contributed by atoms with Crippen LogP contribution in [0.4, 0.5) is 0 Å². The topological polar surface area (TPSA) is 24.5 Å². The molecule has 1 aliphatic rings. The number of hydrogen-bond donors (Lipinski definition) is 1. The van der Waals surface area contributed by atoms with Crippen LogP contribution in [0.25, 0.3) is 0 Å². The average Bonchev–Trinajstić information content (AvgIpc) is 2.74. The number of hydroxylamine groups is 2. The van der Waals surface area contributed by atoms with Gasteiger partial charge in [0, 0.05) is 17.1 Å². The van der Waals surface area contributed by atoms with Crippen LogP contribution in [-0.4, -0.2) is 28.7 Å². The Morgan fingerprint density at radius 1 is 0.844 bits per heavy atom. The highest BCUT2D eigenvalue weighted by Gasteiger charge is 2.47. The van der Waals surface area contributed by atoms with Gasteiger partial charge in [-0.15, -0.1) is 0 Å². The first-order chi connectivity index (χ1) is 15.3. The first-order valence-corrected chi connectivity index (χ1v) is 13.5. The summed E-state index contributed by atoms with van der Waals surface area (Å²) in [5.41, 5.74) is 1.24. The van der Waals surface area contributed by atoms with Crippen LogP contribution in [0.5, 0.6) is 0 Å². The molecule has 0 radical (unpaired) electrons. The van der Waals surface area contributed by atoms with E-state index in [9.17, 15) is 0 Å². The molecule has 32 heavy (non-hydrogen) atoms.